The highest BCUT2D eigenvalue weighted by atomic mass is 16.5. The first-order chi connectivity index (χ1) is 11.7. The van der Waals surface area contributed by atoms with Crippen LogP contribution in [0.2, 0.25) is 0 Å². The minimum Gasteiger partial charge on any atom is -0.480 e. The minimum absolute atomic E-state index is 0.161. The highest BCUT2D eigenvalue weighted by Gasteiger charge is 2.61. The van der Waals surface area contributed by atoms with Gasteiger partial charge >= 0.3 is 11.9 Å². The van der Waals surface area contributed by atoms with Crippen LogP contribution in [0.5, 0.6) is 0 Å². The summed E-state index contributed by atoms with van der Waals surface area (Å²) in [6.07, 6.45) is 2.61. The van der Waals surface area contributed by atoms with Crippen LogP contribution in [0.1, 0.15) is 38.3 Å². The van der Waals surface area contributed by atoms with Crippen LogP contribution in [0, 0.1) is 39.9 Å². The zero-order valence-corrected chi connectivity index (χ0v) is 14.3. The number of esters is 1. The molecule has 0 saturated heterocycles. The van der Waals surface area contributed by atoms with Crippen molar-refractivity contribution in [1.82, 2.24) is 4.98 Å². The van der Waals surface area contributed by atoms with Gasteiger partial charge in [-0.15, -0.1) is 0 Å². The lowest BCUT2D eigenvalue weighted by molar-refractivity contribution is -0.150. The first-order valence-corrected chi connectivity index (χ1v) is 7.80. The maximum atomic E-state index is 12.0. The number of carboxylic acid groups (broad SMARTS) is 1. The van der Waals surface area contributed by atoms with Crippen molar-refractivity contribution in [2.45, 2.75) is 38.5 Å². The van der Waals surface area contributed by atoms with E-state index in [1.165, 1.54) is 13.4 Å². The molecule has 0 spiro atoms. The summed E-state index contributed by atoms with van der Waals surface area (Å²) < 4.78 is 10.1. The topological polar surface area (TPSA) is 137 Å². The Morgan fingerprint density at radius 1 is 1.44 bits per heavy atom. The molecule has 25 heavy (non-hydrogen) atoms. The van der Waals surface area contributed by atoms with Crippen molar-refractivity contribution in [1.29, 1.82) is 10.5 Å². The molecule has 1 aromatic rings. The van der Waals surface area contributed by atoms with Crippen molar-refractivity contribution in [2.24, 2.45) is 17.3 Å². The average Bonchev–Trinajstić information content (AvgIpc) is 3.31. The van der Waals surface area contributed by atoms with Gasteiger partial charge in [0.2, 0.25) is 5.89 Å². The maximum absolute atomic E-state index is 12.0. The number of aliphatic carboxylic acids is 1. The van der Waals surface area contributed by atoms with Crippen LogP contribution >= 0.6 is 0 Å². The second-order valence-corrected chi connectivity index (χ2v) is 6.84. The highest BCUT2D eigenvalue weighted by Crippen LogP contribution is 2.51. The third-order valence-corrected chi connectivity index (χ3v) is 4.56. The van der Waals surface area contributed by atoms with Gasteiger partial charge in [0.05, 0.1) is 30.4 Å². The van der Waals surface area contributed by atoms with Gasteiger partial charge in [0.15, 0.2) is 11.3 Å². The number of rotatable bonds is 7. The molecule has 1 heterocycles. The number of nitriles is 2. The SMILES string of the molecule is COC(=O)C(C)(C)Cc1coc(C(C(=O)O)(C(C#N)C#N)C2CC2)n1. The summed E-state index contributed by atoms with van der Waals surface area (Å²) in [7, 11) is 1.28. The van der Waals surface area contributed by atoms with E-state index in [4.69, 9.17) is 9.15 Å². The molecule has 8 nitrogen and oxygen atoms in total. The number of ether oxygens (including phenoxy) is 1. The van der Waals surface area contributed by atoms with E-state index < -0.39 is 28.7 Å². The maximum Gasteiger partial charge on any atom is 0.321 e. The number of carbonyl (C=O) groups is 2. The second kappa shape index (κ2) is 6.56. The molecule has 1 atom stereocenters. The van der Waals surface area contributed by atoms with E-state index in [0.717, 1.165) is 0 Å². The predicted molar refractivity (Wildman–Crippen MR) is 82.8 cm³/mol. The molecule has 1 saturated carbocycles. The van der Waals surface area contributed by atoms with Crippen molar-refractivity contribution in [3.8, 4) is 12.1 Å². The zero-order valence-electron chi connectivity index (χ0n) is 14.3. The summed E-state index contributed by atoms with van der Waals surface area (Å²) in [6, 6.07) is 3.53. The smallest absolute Gasteiger partial charge is 0.321 e. The summed E-state index contributed by atoms with van der Waals surface area (Å²) in [5.74, 6) is -3.70. The van der Waals surface area contributed by atoms with Crippen LogP contribution in [0.25, 0.3) is 0 Å². The normalized spacial score (nSPS) is 16.6. The van der Waals surface area contributed by atoms with Crippen LogP contribution in [0.15, 0.2) is 10.7 Å². The van der Waals surface area contributed by atoms with Gasteiger partial charge in [-0.1, -0.05) is 0 Å². The van der Waals surface area contributed by atoms with Gasteiger partial charge in [0, 0.05) is 6.42 Å². The number of carboxylic acids is 1. The van der Waals surface area contributed by atoms with E-state index in [1.807, 2.05) is 0 Å². The molecule has 1 fully saturated rings. The Hall–Kier alpha value is -2.87. The first-order valence-electron chi connectivity index (χ1n) is 7.80. The van der Waals surface area contributed by atoms with Gasteiger partial charge in [0.1, 0.15) is 6.26 Å². The Morgan fingerprint density at radius 2 is 2.04 bits per heavy atom. The van der Waals surface area contributed by atoms with Gasteiger partial charge in [0.25, 0.3) is 0 Å². The molecule has 0 amide bonds. The monoisotopic (exact) mass is 345 g/mol. The summed E-state index contributed by atoms with van der Waals surface area (Å²) in [6.45, 7) is 3.35. The largest absolute Gasteiger partial charge is 0.480 e. The van der Waals surface area contributed by atoms with Crippen molar-refractivity contribution in [3.05, 3.63) is 17.8 Å². The van der Waals surface area contributed by atoms with Gasteiger partial charge < -0.3 is 14.3 Å². The number of aromatic nitrogens is 1. The fourth-order valence-corrected chi connectivity index (χ4v) is 3.07. The van der Waals surface area contributed by atoms with Gasteiger partial charge in [-0.25, -0.2) is 4.98 Å². The van der Waals surface area contributed by atoms with Crippen LogP contribution in [0.4, 0.5) is 0 Å². The number of methoxy groups -OCH3 is 1. The number of oxazole rings is 1. The number of carbonyl (C=O) groups excluding carboxylic acids is 1. The van der Waals surface area contributed by atoms with Crippen molar-refractivity contribution in [2.75, 3.05) is 7.11 Å². The Balaban J connectivity index is 2.44. The number of hydrogen-bond donors (Lipinski definition) is 1. The van der Waals surface area contributed by atoms with E-state index in [9.17, 15) is 25.2 Å². The Kier molecular flexibility index (Phi) is 4.85. The third-order valence-electron chi connectivity index (χ3n) is 4.56. The van der Waals surface area contributed by atoms with E-state index in [0.29, 0.717) is 18.5 Å². The zero-order chi connectivity index (χ0) is 18.8. The number of nitrogens with zero attached hydrogens (tertiary/aromatic N) is 3. The van der Waals surface area contributed by atoms with Crippen molar-refractivity contribution >= 4 is 11.9 Å². The fraction of sp³-hybridized carbons (Fsp3) is 0.588. The van der Waals surface area contributed by atoms with Crippen molar-refractivity contribution in [3.63, 3.8) is 0 Å². The highest BCUT2D eigenvalue weighted by molar-refractivity contribution is 5.82. The molecule has 2 rings (SSSR count). The van der Waals surface area contributed by atoms with Gasteiger partial charge in [-0.05, 0) is 32.6 Å². The molecule has 1 aromatic heterocycles. The molecule has 1 aliphatic rings. The molecule has 0 bridgehead atoms. The average molecular weight is 345 g/mol. The molecular formula is C17H19N3O5. The molecule has 1 N–H and O–H groups in total. The Labute approximate surface area is 145 Å². The second-order valence-electron chi connectivity index (χ2n) is 6.84. The van der Waals surface area contributed by atoms with E-state index in [-0.39, 0.29) is 18.2 Å². The van der Waals surface area contributed by atoms with E-state index in [1.54, 1.807) is 26.0 Å². The summed E-state index contributed by atoms with van der Waals surface area (Å²) in [4.78, 5) is 28.1. The lowest BCUT2D eigenvalue weighted by atomic mass is 9.72. The van der Waals surface area contributed by atoms with E-state index in [2.05, 4.69) is 4.98 Å². The summed E-state index contributed by atoms with van der Waals surface area (Å²) in [5.41, 5.74) is -2.30. The molecular weight excluding hydrogens is 326 g/mol. The lowest BCUT2D eigenvalue weighted by Gasteiger charge is -2.26. The molecule has 0 aromatic carbocycles. The standard InChI is InChI=1S/C17H19N3O5/c1-16(2,15(23)24-3)6-12-9-25-13(20-12)17(14(21)22,10-4-5-10)11(7-18)8-19/h9-11H,4-6H2,1-3H3,(H,21,22). The third kappa shape index (κ3) is 3.08. The molecule has 0 radical (unpaired) electrons. The van der Waals surface area contributed by atoms with Crippen LogP contribution in [-0.2, 0) is 26.2 Å². The van der Waals surface area contributed by atoms with Crippen LogP contribution in [-0.4, -0.2) is 29.1 Å². The van der Waals surface area contributed by atoms with E-state index >= 15 is 0 Å². The molecule has 1 unspecified atom stereocenters. The minimum atomic E-state index is -1.79. The molecule has 1 aliphatic carbocycles. The molecule has 8 heteroatoms. The van der Waals surface area contributed by atoms with Gasteiger partial charge in [-0.3, -0.25) is 9.59 Å². The molecule has 0 aliphatic heterocycles. The Bertz CT molecular complexity index is 752. The summed E-state index contributed by atoms with van der Waals surface area (Å²) >= 11 is 0. The quantitative estimate of drug-likeness (QED) is 0.738. The predicted octanol–water partition coefficient (Wildman–Crippen LogP) is 1.81. The van der Waals surface area contributed by atoms with Gasteiger partial charge in [-0.2, -0.15) is 10.5 Å². The summed E-state index contributed by atoms with van der Waals surface area (Å²) in [5, 5.41) is 28.4. The Morgan fingerprint density at radius 3 is 2.48 bits per heavy atom. The fourth-order valence-electron chi connectivity index (χ4n) is 3.07. The molecule has 132 valence electrons. The van der Waals surface area contributed by atoms with Crippen molar-refractivity contribution < 1.29 is 23.8 Å². The van der Waals surface area contributed by atoms with Crippen LogP contribution in [0.3, 0.4) is 0 Å². The van der Waals surface area contributed by atoms with Crippen LogP contribution < -0.4 is 0 Å². The number of hydrogen-bond acceptors (Lipinski definition) is 7. The lowest BCUT2D eigenvalue weighted by Crippen LogP contribution is -2.44. The first kappa shape index (κ1) is 18.5.